The van der Waals surface area contributed by atoms with Crippen molar-refractivity contribution in [3.63, 3.8) is 0 Å². The van der Waals surface area contributed by atoms with Gasteiger partial charge >= 0.3 is 6.09 Å². The lowest BCUT2D eigenvalue weighted by Crippen LogP contribution is -2.54. The lowest BCUT2D eigenvalue weighted by atomic mass is 9.92. The van der Waals surface area contributed by atoms with Crippen LogP contribution in [0.1, 0.15) is 46.1 Å². The minimum Gasteiger partial charge on any atom is -0.444 e. The number of carbonyl (C=O) groups excluding carboxylic acids is 2. The van der Waals surface area contributed by atoms with Crippen molar-refractivity contribution < 1.29 is 18.7 Å². The number of hydrogen-bond acceptors (Lipinski definition) is 6. The number of benzene rings is 2. The number of ether oxygens (including phenoxy) is 1. The molecule has 0 unspecified atom stereocenters. The van der Waals surface area contributed by atoms with Gasteiger partial charge in [-0.05, 0) is 82.5 Å². The molecule has 2 fully saturated rings. The number of piperazine rings is 1. The van der Waals surface area contributed by atoms with E-state index in [-0.39, 0.29) is 29.7 Å². The Balaban J connectivity index is 1.18. The summed E-state index contributed by atoms with van der Waals surface area (Å²) in [5.74, 6) is 0.0649. The van der Waals surface area contributed by atoms with Gasteiger partial charge in [-0.3, -0.25) is 9.69 Å². The molecule has 2 aromatic carbocycles. The molecule has 7 nitrogen and oxygen atoms in total. The molecule has 1 atom stereocenters. The fourth-order valence-electron chi connectivity index (χ4n) is 5.20. The summed E-state index contributed by atoms with van der Waals surface area (Å²) in [5.41, 5.74) is 2.66. The summed E-state index contributed by atoms with van der Waals surface area (Å²) in [4.78, 5) is 31.6. The second-order valence-corrected chi connectivity index (χ2v) is 11.5. The molecule has 0 saturated carbocycles. The third kappa shape index (κ3) is 7.69. The van der Waals surface area contributed by atoms with Crippen LogP contribution in [0.4, 0.5) is 20.6 Å². The third-order valence-electron chi connectivity index (χ3n) is 7.31. The van der Waals surface area contributed by atoms with Gasteiger partial charge in [-0.15, -0.1) is 0 Å². The van der Waals surface area contributed by atoms with Crippen LogP contribution in [0.2, 0.25) is 0 Å². The van der Waals surface area contributed by atoms with Crippen molar-refractivity contribution in [3.8, 4) is 0 Å². The van der Waals surface area contributed by atoms with Gasteiger partial charge in [0.1, 0.15) is 11.4 Å². The summed E-state index contributed by atoms with van der Waals surface area (Å²) >= 11 is 0. The topological polar surface area (TPSA) is 65.1 Å². The average Bonchev–Trinajstić information content (AvgIpc) is 2.88. The van der Waals surface area contributed by atoms with Gasteiger partial charge in [0.15, 0.2) is 5.78 Å². The van der Waals surface area contributed by atoms with Crippen molar-refractivity contribution in [1.29, 1.82) is 0 Å². The summed E-state index contributed by atoms with van der Waals surface area (Å²) in [5, 5.41) is 3.29. The number of anilines is 2. The Morgan fingerprint density at radius 2 is 1.63 bits per heavy atom. The van der Waals surface area contributed by atoms with E-state index in [1.54, 1.807) is 12.1 Å². The van der Waals surface area contributed by atoms with E-state index in [0.717, 1.165) is 56.9 Å². The first kappa shape index (κ1) is 27.9. The van der Waals surface area contributed by atoms with E-state index in [2.05, 4.69) is 34.2 Å². The Kier molecular flexibility index (Phi) is 8.92. The van der Waals surface area contributed by atoms with Gasteiger partial charge in [0.05, 0.1) is 6.54 Å². The number of Topliss-reactive ketones (excluding diaryl/α,β-unsaturated/α-hetero) is 1. The van der Waals surface area contributed by atoms with Gasteiger partial charge < -0.3 is 19.9 Å². The maximum Gasteiger partial charge on any atom is 0.410 e. The molecular weight excluding hydrogens is 483 g/mol. The Morgan fingerprint density at radius 1 is 0.974 bits per heavy atom. The Labute approximate surface area is 225 Å². The highest BCUT2D eigenvalue weighted by molar-refractivity contribution is 5.85. The van der Waals surface area contributed by atoms with Crippen LogP contribution in [0.25, 0.3) is 0 Å². The predicted octanol–water partition coefficient (Wildman–Crippen LogP) is 5.16. The number of nitrogens with one attached hydrogen (secondary N) is 1. The van der Waals surface area contributed by atoms with Crippen LogP contribution >= 0.6 is 0 Å². The minimum absolute atomic E-state index is 0.0554. The Bertz CT molecular complexity index is 1080. The lowest BCUT2D eigenvalue weighted by molar-refractivity contribution is -0.121. The second-order valence-electron chi connectivity index (χ2n) is 11.5. The fourth-order valence-corrected chi connectivity index (χ4v) is 5.20. The van der Waals surface area contributed by atoms with Gasteiger partial charge in [-0.1, -0.05) is 12.1 Å². The van der Waals surface area contributed by atoms with Gasteiger partial charge in [0.2, 0.25) is 0 Å². The van der Waals surface area contributed by atoms with Crippen molar-refractivity contribution in [3.05, 3.63) is 59.9 Å². The smallest absolute Gasteiger partial charge is 0.410 e. The maximum absolute atomic E-state index is 13.2. The molecule has 2 aliphatic heterocycles. The number of piperidine rings is 1. The molecule has 1 amide bonds. The molecular formula is C30H41FN4O3. The van der Waals surface area contributed by atoms with E-state index in [9.17, 15) is 14.0 Å². The lowest BCUT2D eigenvalue weighted by Gasteiger charge is -2.40. The van der Waals surface area contributed by atoms with Gasteiger partial charge in [0, 0.05) is 62.6 Å². The standard InChI is InChI=1S/C30H41FN4O3/c1-22-20-33(17-18-35(22)29(37)38-30(2,3)4)21-23-5-9-26(10-6-23)32-19-28(36)24-13-15-34(16-14-24)27-11-7-25(31)8-12-27/h5-12,22,24,32H,13-21H2,1-4H3/t22-/m0/s1. The molecule has 8 heteroatoms. The molecule has 2 aliphatic rings. The zero-order chi connectivity index (χ0) is 27.3. The fraction of sp³-hybridized carbons (Fsp3) is 0.533. The summed E-state index contributed by atoms with van der Waals surface area (Å²) in [6.45, 7) is 12.7. The third-order valence-corrected chi connectivity index (χ3v) is 7.31. The van der Waals surface area contributed by atoms with Crippen LogP contribution in [0, 0.1) is 11.7 Å². The van der Waals surface area contributed by atoms with Crippen molar-refractivity contribution in [2.24, 2.45) is 5.92 Å². The number of ketones is 1. The molecule has 206 valence electrons. The van der Waals surface area contributed by atoms with E-state index in [1.165, 1.54) is 17.7 Å². The first-order chi connectivity index (χ1) is 18.1. The molecule has 0 aromatic heterocycles. The first-order valence-corrected chi connectivity index (χ1v) is 13.7. The average molecular weight is 525 g/mol. The SMILES string of the molecule is C[C@H]1CN(Cc2ccc(NCC(=O)C3CCN(c4ccc(F)cc4)CC3)cc2)CCN1C(=O)OC(C)(C)C. The van der Waals surface area contributed by atoms with Gasteiger partial charge in [-0.25, -0.2) is 9.18 Å². The summed E-state index contributed by atoms with van der Waals surface area (Å²) in [7, 11) is 0. The highest BCUT2D eigenvalue weighted by atomic mass is 19.1. The Morgan fingerprint density at radius 3 is 2.24 bits per heavy atom. The highest BCUT2D eigenvalue weighted by Gasteiger charge is 2.31. The molecule has 0 radical (unpaired) electrons. The van der Waals surface area contributed by atoms with E-state index < -0.39 is 5.60 Å². The predicted molar refractivity (Wildman–Crippen MR) is 149 cm³/mol. The number of carbonyl (C=O) groups is 2. The minimum atomic E-state index is -0.489. The summed E-state index contributed by atoms with van der Waals surface area (Å²) in [6, 6.07) is 14.9. The molecule has 2 aromatic rings. The van der Waals surface area contributed by atoms with Crippen molar-refractivity contribution in [1.82, 2.24) is 9.80 Å². The van der Waals surface area contributed by atoms with Crippen LogP contribution in [-0.2, 0) is 16.1 Å². The Hall–Kier alpha value is -3.13. The van der Waals surface area contributed by atoms with Gasteiger partial charge in [-0.2, -0.15) is 0 Å². The molecule has 4 rings (SSSR count). The molecule has 2 heterocycles. The van der Waals surface area contributed by atoms with Crippen LogP contribution in [0.3, 0.4) is 0 Å². The van der Waals surface area contributed by atoms with E-state index in [1.807, 2.05) is 37.8 Å². The van der Waals surface area contributed by atoms with Crippen molar-refractivity contribution in [2.75, 3.05) is 49.5 Å². The van der Waals surface area contributed by atoms with Gasteiger partial charge in [0.25, 0.3) is 0 Å². The first-order valence-electron chi connectivity index (χ1n) is 13.7. The number of amides is 1. The number of rotatable bonds is 7. The molecule has 0 bridgehead atoms. The van der Waals surface area contributed by atoms with Crippen LogP contribution in [0.5, 0.6) is 0 Å². The molecule has 2 saturated heterocycles. The van der Waals surface area contributed by atoms with Crippen molar-refractivity contribution in [2.45, 2.75) is 58.7 Å². The summed E-state index contributed by atoms with van der Waals surface area (Å²) < 4.78 is 18.7. The van der Waals surface area contributed by atoms with E-state index >= 15 is 0 Å². The maximum atomic E-state index is 13.2. The largest absolute Gasteiger partial charge is 0.444 e. The number of halogens is 1. The van der Waals surface area contributed by atoms with E-state index in [4.69, 9.17) is 4.74 Å². The van der Waals surface area contributed by atoms with Crippen molar-refractivity contribution >= 4 is 23.3 Å². The second kappa shape index (κ2) is 12.2. The summed E-state index contributed by atoms with van der Waals surface area (Å²) in [6.07, 6.45) is 1.39. The molecule has 0 aliphatic carbocycles. The molecule has 0 spiro atoms. The van der Waals surface area contributed by atoms with E-state index in [0.29, 0.717) is 13.1 Å². The van der Waals surface area contributed by atoms with Crippen LogP contribution in [-0.4, -0.2) is 72.6 Å². The number of hydrogen-bond donors (Lipinski definition) is 1. The van der Waals surface area contributed by atoms with Crippen LogP contribution < -0.4 is 10.2 Å². The molecule has 1 N–H and O–H groups in total. The monoisotopic (exact) mass is 524 g/mol. The zero-order valence-corrected chi connectivity index (χ0v) is 23.1. The molecule has 38 heavy (non-hydrogen) atoms. The highest BCUT2D eigenvalue weighted by Crippen LogP contribution is 2.24. The zero-order valence-electron chi connectivity index (χ0n) is 23.1. The normalized spacial score (nSPS) is 19.3. The number of nitrogens with zero attached hydrogens (tertiary/aromatic N) is 3. The van der Waals surface area contributed by atoms with Crippen LogP contribution in [0.15, 0.2) is 48.5 Å². The quantitative estimate of drug-likeness (QED) is 0.540.